The van der Waals surface area contributed by atoms with Crippen LogP contribution in [0.3, 0.4) is 0 Å². The van der Waals surface area contributed by atoms with Gasteiger partial charge in [0.25, 0.3) is 0 Å². The molecule has 0 spiro atoms. The molecule has 0 aromatic carbocycles. The summed E-state index contributed by atoms with van der Waals surface area (Å²) in [7, 11) is 0. The van der Waals surface area contributed by atoms with Crippen LogP contribution in [0.1, 0.15) is 24.6 Å². The first-order valence-electron chi connectivity index (χ1n) is 5.75. The van der Waals surface area contributed by atoms with Gasteiger partial charge in [0, 0.05) is 18.2 Å². The summed E-state index contributed by atoms with van der Waals surface area (Å²) in [5.41, 5.74) is 8.53. The summed E-state index contributed by atoms with van der Waals surface area (Å²) in [5, 5.41) is 8.46. The summed E-state index contributed by atoms with van der Waals surface area (Å²) in [6, 6.07) is 2.32. The van der Waals surface area contributed by atoms with E-state index in [1.54, 1.807) is 6.20 Å². The highest BCUT2D eigenvalue weighted by atomic mass is 15.3. The molecule has 1 aliphatic carbocycles. The van der Waals surface area contributed by atoms with E-state index in [2.05, 4.69) is 24.6 Å². The Hall–Kier alpha value is -1.95. The van der Waals surface area contributed by atoms with Crippen molar-refractivity contribution in [2.45, 2.75) is 24.8 Å². The van der Waals surface area contributed by atoms with Crippen molar-refractivity contribution < 1.29 is 0 Å². The van der Waals surface area contributed by atoms with Crippen LogP contribution in [0.2, 0.25) is 0 Å². The number of nitrogens with zero attached hydrogens (tertiary/aromatic N) is 4. The van der Waals surface area contributed by atoms with Crippen molar-refractivity contribution in [3.63, 3.8) is 0 Å². The van der Waals surface area contributed by atoms with Crippen molar-refractivity contribution in [2.24, 2.45) is 5.73 Å². The number of nitrogens with two attached hydrogens (primary N) is 1. The molecule has 86 valence electrons. The number of fused-ring (bicyclic) bond motifs is 3. The van der Waals surface area contributed by atoms with Crippen LogP contribution in [-0.2, 0) is 0 Å². The maximum atomic E-state index is 5.84. The first kappa shape index (κ1) is 9.12. The highest BCUT2D eigenvalue weighted by Crippen LogP contribution is 2.35. The molecule has 3 aromatic rings. The van der Waals surface area contributed by atoms with Crippen molar-refractivity contribution >= 4 is 16.8 Å². The van der Waals surface area contributed by atoms with Crippen LogP contribution in [0.5, 0.6) is 0 Å². The molecule has 0 amide bonds. The van der Waals surface area contributed by atoms with Crippen LogP contribution >= 0.6 is 0 Å². The third-order valence-electron chi connectivity index (χ3n) is 3.51. The zero-order chi connectivity index (χ0) is 11.4. The molecule has 4 rings (SSSR count). The van der Waals surface area contributed by atoms with E-state index < -0.39 is 0 Å². The minimum atomic E-state index is 0.316. The average molecular weight is 228 g/mol. The Labute approximate surface area is 96.9 Å². The van der Waals surface area contributed by atoms with E-state index in [4.69, 9.17) is 5.73 Å². The predicted octanol–water partition coefficient (Wildman–Crippen LogP) is 0.810. The number of hydrogen-bond donors (Lipinski definition) is 2. The largest absolute Gasteiger partial charge is 0.345 e. The molecule has 0 atom stereocenters. The van der Waals surface area contributed by atoms with Crippen molar-refractivity contribution in [3.05, 3.63) is 24.3 Å². The van der Waals surface area contributed by atoms with Gasteiger partial charge in [-0.05, 0) is 18.9 Å². The maximum absolute atomic E-state index is 5.84. The third-order valence-corrected chi connectivity index (χ3v) is 3.51. The zero-order valence-corrected chi connectivity index (χ0v) is 9.17. The molecule has 1 aliphatic rings. The monoisotopic (exact) mass is 228 g/mol. The Morgan fingerprint density at radius 2 is 2.24 bits per heavy atom. The van der Waals surface area contributed by atoms with Crippen LogP contribution in [-0.4, -0.2) is 30.6 Å². The highest BCUT2D eigenvalue weighted by molar-refractivity contribution is 5.74. The molecule has 6 heteroatoms. The van der Waals surface area contributed by atoms with Gasteiger partial charge in [-0.2, -0.15) is 0 Å². The van der Waals surface area contributed by atoms with Crippen LogP contribution in [0.25, 0.3) is 16.8 Å². The second kappa shape index (κ2) is 3.04. The lowest BCUT2D eigenvalue weighted by atomic mass is 9.80. The maximum Gasteiger partial charge on any atom is 0.179 e. The molecule has 3 N–H and O–H groups in total. The first-order chi connectivity index (χ1) is 8.33. The van der Waals surface area contributed by atoms with Crippen LogP contribution in [0.4, 0.5) is 0 Å². The van der Waals surface area contributed by atoms with Gasteiger partial charge < -0.3 is 10.7 Å². The number of nitrogens with one attached hydrogen (secondary N) is 1. The summed E-state index contributed by atoms with van der Waals surface area (Å²) < 4.78 is 2.08. The van der Waals surface area contributed by atoms with Gasteiger partial charge in [0.05, 0.1) is 11.7 Å². The Morgan fingerprint density at radius 3 is 3.06 bits per heavy atom. The summed E-state index contributed by atoms with van der Waals surface area (Å²) in [5.74, 6) is 1.44. The van der Waals surface area contributed by atoms with Crippen LogP contribution in [0, 0.1) is 0 Å². The number of H-pyrrole nitrogens is 1. The van der Waals surface area contributed by atoms with E-state index in [0.29, 0.717) is 12.0 Å². The molecule has 0 aliphatic heterocycles. The van der Waals surface area contributed by atoms with Crippen LogP contribution < -0.4 is 5.73 Å². The summed E-state index contributed by atoms with van der Waals surface area (Å²) in [6.45, 7) is 0. The quantitative estimate of drug-likeness (QED) is 0.645. The second-order valence-electron chi connectivity index (χ2n) is 4.65. The lowest BCUT2D eigenvalue weighted by molar-refractivity contribution is 0.337. The van der Waals surface area contributed by atoms with Crippen molar-refractivity contribution in [1.82, 2.24) is 24.6 Å². The minimum absolute atomic E-state index is 0.316. The average Bonchev–Trinajstić information content (AvgIpc) is 2.90. The SMILES string of the molecule is N[C@H]1C[C@H](c2nnc3cnc4[nH]ccc4n32)C1. The molecule has 1 saturated carbocycles. The molecular weight excluding hydrogens is 216 g/mol. The number of aromatic nitrogens is 5. The van der Waals surface area contributed by atoms with Gasteiger partial charge in [0.1, 0.15) is 5.82 Å². The van der Waals surface area contributed by atoms with Gasteiger partial charge in [0.15, 0.2) is 11.3 Å². The van der Waals surface area contributed by atoms with E-state index in [0.717, 1.165) is 35.5 Å². The molecule has 0 radical (unpaired) electrons. The Balaban J connectivity index is 1.99. The van der Waals surface area contributed by atoms with E-state index in [1.807, 2.05) is 12.3 Å². The summed E-state index contributed by atoms with van der Waals surface area (Å²) in [6.07, 6.45) is 5.62. The lowest BCUT2D eigenvalue weighted by Crippen LogP contribution is -2.35. The van der Waals surface area contributed by atoms with Gasteiger partial charge in [-0.15, -0.1) is 10.2 Å². The molecule has 3 heterocycles. The van der Waals surface area contributed by atoms with Gasteiger partial charge in [-0.25, -0.2) is 4.98 Å². The molecule has 0 bridgehead atoms. The van der Waals surface area contributed by atoms with E-state index in [-0.39, 0.29) is 0 Å². The fraction of sp³-hybridized carbons (Fsp3) is 0.364. The summed E-state index contributed by atoms with van der Waals surface area (Å²) >= 11 is 0. The number of hydrogen-bond acceptors (Lipinski definition) is 4. The number of rotatable bonds is 1. The minimum Gasteiger partial charge on any atom is -0.345 e. The normalized spacial score (nSPS) is 24.3. The first-order valence-corrected chi connectivity index (χ1v) is 5.75. The van der Waals surface area contributed by atoms with E-state index in [9.17, 15) is 0 Å². The van der Waals surface area contributed by atoms with Crippen molar-refractivity contribution in [2.75, 3.05) is 0 Å². The van der Waals surface area contributed by atoms with Gasteiger partial charge in [-0.1, -0.05) is 0 Å². The lowest BCUT2D eigenvalue weighted by Gasteiger charge is -2.30. The predicted molar refractivity (Wildman–Crippen MR) is 62.6 cm³/mol. The topological polar surface area (TPSA) is 84.9 Å². The highest BCUT2D eigenvalue weighted by Gasteiger charge is 2.31. The van der Waals surface area contributed by atoms with Crippen molar-refractivity contribution in [3.8, 4) is 0 Å². The van der Waals surface area contributed by atoms with Gasteiger partial charge >= 0.3 is 0 Å². The Bertz CT molecular complexity index is 690. The third kappa shape index (κ3) is 1.15. The molecule has 1 fully saturated rings. The van der Waals surface area contributed by atoms with Crippen LogP contribution in [0.15, 0.2) is 18.5 Å². The molecule has 0 unspecified atom stereocenters. The van der Waals surface area contributed by atoms with E-state index >= 15 is 0 Å². The second-order valence-corrected chi connectivity index (χ2v) is 4.65. The smallest absolute Gasteiger partial charge is 0.179 e. The number of aromatic amines is 1. The molecular formula is C11H12N6. The summed E-state index contributed by atoms with van der Waals surface area (Å²) in [4.78, 5) is 7.40. The molecule has 6 nitrogen and oxygen atoms in total. The Kier molecular flexibility index (Phi) is 1.63. The zero-order valence-electron chi connectivity index (χ0n) is 9.17. The molecule has 3 aromatic heterocycles. The molecule has 0 saturated heterocycles. The van der Waals surface area contributed by atoms with Gasteiger partial charge in [-0.3, -0.25) is 4.40 Å². The Morgan fingerprint density at radius 1 is 1.35 bits per heavy atom. The molecule has 17 heavy (non-hydrogen) atoms. The fourth-order valence-electron chi connectivity index (χ4n) is 2.54. The standard InChI is InChI=1S/C11H12N6/c12-7-3-6(4-7)11-16-15-9-5-14-10-8(17(9)11)1-2-13-10/h1-2,5-7,13H,3-4,12H2/t6-,7-. The van der Waals surface area contributed by atoms with Gasteiger partial charge in [0.2, 0.25) is 0 Å². The fourth-order valence-corrected chi connectivity index (χ4v) is 2.54. The van der Waals surface area contributed by atoms with E-state index in [1.165, 1.54) is 0 Å². The van der Waals surface area contributed by atoms with Crippen molar-refractivity contribution in [1.29, 1.82) is 0 Å².